The largest absolute Gasteiger partial charge is 0.490 e. The standard InChI is InChI=1S/C30H33FN4O4/c1-4-11-21(2)39-27-17-26(25(31)16-24(27)29(36)37)35-30(38)33(3)28(32-35)20-34(18-22-12-7-5-8-13-22)19-23-14-9-6-10-15-23/h5-10,12-17,21H,4,11,18-20H2,1-3H3,(H,36,37). The molecule has 9 heteroatoms. The fraction of sp³-hybridized carbons (Fsp3) is 0.300. The number of ether oxygens (including phenoxy) is 1. The lowest BCUT2D eigenvalue weighted by Crippen LogP contribution is -2.26. The molecule has 0 aliphatic rings. The summed E-state index contributed by atoms with van der Waals surface area (Å²) in [6.45, 7) is 5.37. The van der Waals surface area contributed by atoms with E-state index in [9.17, 15) is 14.7 Å². The van der Waals surface area contributed by atoms with Crippen molar-refractivity contribution < 1.29 is 19.0 Å². The van der Waals surface area contributed by atoms with Gasteiger partial charge >= 0.3 is 11.7 Å². The average molecular weight is 533 g/mol. The normalized spacial score (nSPS) is 12.0. The highest BCUT2D eigenvalue weighted by atomic mass is 19.1. The maximum atomic E-state index is 15.2. The van der Waals surface area contributed by atoms with E-state index in [1.54, 1.807) is 7.05 Å². The first-order chi connectivity index (χ1) is 18.8. The van der Waals surface area contributed by atoms with E-state index < -0.39 is 17.5 Å². The van der Waals surface area contributed by atoms with Crippen molar-refractivity contribution in [2.45, 2.75) is 52.4 Å². The molecule has 1 unspecified atom stereocenters. The number of hydrogen-bond acceptors (Lipinski definition) is 5. The molecule has 0 aliphatic heterocycles. The van der Waals surface area contributed by atoms with Crippen LogP contribution in [0.3, 0.4) is 0 Å². The molecule has 0 fully saturated rings. The molecule has 39 heavy (non-hydrogen) atoms. The Balaban J connectivity index is 1.69. The number of halogens is 1. The van der Waals surface area contributed by atoms with E-state index in [0.29, 0.717) is 31.9 Å². The maximum absolute atomic E-state index is 15.2. The van der Waals surface area contributed by atoms with Crippen molar-refractivity contribution >= 4 is 5.97 Å². The summed E-state index contributed by atoms with van der Waals surface area (Å²) in [6, 6.07) is 22.1. The van der Waals surface area contributed by atoms with Crippen LogP contribution >= 0.6 is 0 Å². The quantitative estimate of drug-likeness (QED) is 0.271. The number of carboxylic acid groups (broad SMARTS) is 1. The minimum absolute atomic E-state index is 0.00580. The van der Waals surface area contributed by atoms with Gasteiger partial charge in [0.15, 0.2) is 0 Å². The molecule has 0 bridgehead atoms. The van der Waals surface area contributed by atoms with Crippen molar-refractivity contribution in [1.82, 2.24) is 19.2 Å². The first kappa shape index (κ1) is 27.8. The van der Waals surface area contributed by atoms with Crippen LogP contribution in [0.4, 0.5) is 4.39 Å². The summed E-state index contributed by atoms with van der Waals surface area (Å²) >= 11 is 0. The number of aromatic nitrogens is 3. The molecule has 3 aromatic carbocycles. The monoisotopic (exact) mass is 532 g/mol. The molecule has 0 saturated carbocycles. The number of nitrogens with zero attached hydrogens (tertiary/aromatic N) is 4. The molecule has 1 N–H and O–H groups in total. The van der Waals surface area contributed by atoms with Gasteiger partial charge in [0.2, 0.25) is 0 Å². The summed E-state index contributed by atoms with van der Waals surface area (Å²) in [5.74, 6) is -1.75. The summed E-state index contributed by atoms with van der Waals surface area (Å²) in [4.78, 5) is 27.1. The molecule has 4 aromatic rings. The summed E-state index contributed by atoms with van der Waals surface area (Å²) in [5, 5.41) is 14.1. The molecule has 1 heterocycles. The highest BCUT2D eigenvalue weighted by Crippen LogP contribution is 2.27. The summed E-state index contributed by atoms with van der Waals surface area (Å²) in [7, 11) is 1.59. The SMILES string of the molecule is CCCC(C)Oc1cc(-n2nc(CN(Cc3ccccc3)Cc3ccccc3)n(C)c2=O)c(F)cc1C(=O)O. The smallest absolute Gasteiger partial charge is 0.350 e. The van der Waals surface area contributed by atoms with Gasteiger partial charge in [-0.3, -0.25) is 9.47 Å². The summed E-state index contributed by atoms with van der Waals surface area (Å²) in [6.07, 6.45) is 1.24. The lowest BCUT2D eigenvalue weighted by molar-refractivity contribution is 0.0688. The predicted octanol–water partition coefficient (Wildman–Crippen LogP) is 5.18. The van der Waals surface area contributed by atoms with Crippen LogP contribution in [-0.4, -0.2) is 36.4 Å². The van der Waals surface area contributed by atoms with Gasteiger partial charge in [0.1, 0.15) is 28.6 Å². The van der Waals surface area contributed by atoms with Gasteiger partial charge in [-0.1, -0.05) is 74.0 Å². The molecule has 204 valence electrons. The van der Waals surface area contributed by atoms with E-state index >= 15 is 4.39 Å². The molecule has 4 rings (SSSR count). The van der Waals surface area contributed by atoms with Crippen molar-refractivity contribution in [3.8, 4) is 11.4 Å². The van der Waals surface area contributed by atoms with Gasteiger partial charge in [0.25, 0.3) is 0 Å². The van der Waals surface area contributed by atoms with Gasteiger partial charge < -0.3 is 9.84 Å². The Morgan fingerprint density at radius 2 is 1.62 bits per heavy atom. The van der Waals surface area contributed by atoms with E-state index in [1.165, 1.54) is 10.6 Å². The second-order valence-corrected chi connectivity index (χ2v) is 9.61. The van der Waals surface area contributed by atoms with Gasteiger partial charge in [0, 0.05) is 26.2 Å². The van der Waals surface area contributed by atoms with E-state index in [0.717, 1.165) is 28.3 Å². The molecule has 0 aliphatic carbocycles. The third-order valence-corrected chi connectivity index (χ3v) is 6.46. The van der Waals surface area contributed by atoms with Gasteiger partial charge in [-0.15, -0.1) is 5.10 Å². The number of rotatable bonds is 12. The van der Waals surface area contributed by atoms with Crippen LogP contribution in [0.15, 0.2) is 77.6 Å². The second kappa shape index (κ2) is 12.5. The van der Waals surface area contributed by atoms with E-state index in [4.69, 9.17) is 4.74 Å². The highest BCUT2D eigenvalue weighted by molar-refractivity contribution is 5.91. The molecule has 0 radical (unpaired) electrons. The molecule has 0 spiro atoms. The first-order valence-corrected chi connectivity index (χ1v) is 13.0. The van der Waals surface area contributed by atoms with Crippen molar-refractivity contribution in [2.24, 2.45) is 7.05 Å². The van der Waals surface area contributed by atoms with Gasteiger partial charge in [-0.2, -0.15) is 4.68 Å². The number of carbonyl (C=O) groups is 1. The topological polar surface area (TPSA) is 89.6 Å². The first-order valence-electron chi connectivity index (χ1n) is 13.0. The molecule has 1 aromatic heterocycles. The number of aromatic carboxylic acids is 1. The molecular weight excluding hydrogens is 499 g/mol. The Labute approximate surface area is 226 Å². The molecule has 8 nitrogen and oxygen atoms in total. The average Bonchev–Trinajstić information content (AvgIpc) is 3.19. The molecule has 0 amide bonds. The van der Waals surface area contributed by atoms with E-state index in [2.05, 4.69) is 10.00 Å². The van der Waals surface area contributed by atoms with Crippen molar-refractivity contribution in [3.63, 3.8) is 0 Å². The zero-order valence-corrected chi connectivity index (χ0v) is 22.4. The third kappa shape index (κ3) is 6.80. The second-order valence-electron chi connectivity index (χ2n) is 9.61. The maximum Gasteiger partial charge on any atom is 0.350 e. The lowest BCUT2D eigenvalue weighted by Gasteiger charge is -2.22. The zero-order valence-electron chi connectivity index (χ0n) is 22.4. The van der Waals surface area contributed by atoms with Crippen LogP contribution in [0.25, 0.3) is 5.69 Å². The minimum Gasteiger partial charge on any atom is -0.490 e. The molecule has 1 atom stereocenters. The number of carboxylic acids is 1. The summed E-state index contributed by atoms with van der Waals surface area (Å²) < 4.78 is 23.4. The predicted molar refractivity (Wildman–Crippen MR) is 147 cm³/mol. The third-order valence-electron chi connectivity index (χ3n) is 6.46. The van der Waals surface area contributed by atoms with Crippen LogP contribution in [0.1, 0.15) is 54.0 Å². The van der Waals surface area contributed by atoms with E-state index in [-0.39, 0.29) is 23.1 Å². The van der Waals surface area contributed by atoms with Gasteiger partial charge in [-0.25, -0.2) is 14.0 Å². The van der Waals surface area contributed by atoms with Crippen molar-refractivity contribution in [3.05, 3.63) is 112 Å². The zero-order chi connectivity index (χ0) is 27.9. The van der Waals surface area contributed by atoms with Crippen molar-refractivity contribution in [2.75, 3.05) is 0 Å². The highest BCUT2D eigenvalue weighted by Gasteiger charge is 2.23. The Kier molecular flexibility index (Phi) is 8.93. The Bertz CT molecular complexity index is 1430. The van der Waals surface area contributed by atoms with Crippen LogP contribution < -0.4 is 10.4 Å². The van der Waals surface area contributed by atoms with E-state index in [1.807, 2.05) is 74.5 Å². The lowest BCUT2D eigenvalue weighted by atomic mass is 10.1. The van der Waals surface area contributed by atoms with Crippen LogP contribution in [0.2, 0.25) is 0 Å². The minimum atomic E-state index is -1.31. The van der Waals surface area contributed by atoms with Gasteiger partial charge in [-0.05, 0) is 30.5 Å². The number of hydrogen-bond donors (Lipinski definition) is 1. The fourth-order valence-electron chi connectivity index (χ4n) is 4.48. The van der Waals surface area contributed by atoms with Crippen LogP contribution in [0.5, 0.6) is 5.75 Å². The number of benzene rings is 3. The Morgan fingerprint density at radius 3 is 2.15 bits per heavy atom. The molecular formula is C30H33FN4O4. The molecule has 0 saturated heterocycles. The van der Waals surface area contributed by atoms with Crippen LogP contribution in [-0.2, 0) is 26.7 Å². The van der Waals surface area contributed by atoms with Crippen molar-refractivity contribution in [1.29, 1.82) is 0 Å². The van der Waals surface area contributed by atoms with Crippen LogP contribution in [0, 0.1) is 5.82 Å². The summed E-state index contributed by atoms with van der Waals surface area (Å²) in [5.41, 5.74) is 1.20. The Morgan fingerprint density at radius 1 is 1.03 bits per heavy atom. The Hall–Kier alpha value is -4.24. The van der Waals surface area contributed by atoms with Gasteiger partial charge in [0.05, 0.1) is 12.6 Å². The fourth-order valence-corrected chi connectivity index (χ4v) is 4.48.